The van der Waals surface area contributed by atoms with Crippen LogP contribution >= 0.6 is 0 Å². The van der Waals surface area contributed by atoms with Gasteiger partial charge in [-0.1, -0.05) is 12.1 Å². The molecule has 92 valence electrons. The van der Waals surface area contributed by atoms with Crippen molar-refractivity contribution in [2.75, 3.05) is 0 Å². The van der Waals surface area contributed by atoms with Crippen LogP contribution in [-0.2, 0) is 11.3 Å². The van der Waals surface area contributed by atoms with Crippen LogP contribution in [0.5, 0.6) is 0 Å². The summed E-state index contributed by atoms with van der Waals surface area (Å²) in [5, 5.41) is 8.77. The van der Waals surface area contributed by atoms with Crippen molar-refractivity contribution in [2.45, 2.75) is 33.4 Å². The molecule has 1 aromatic rings. The second-order valence-corrected chi connectivity index (χ2v) is 4.24. The predicted molar refractivity (Wildman–Crippen MR) is 64.8 cm³/mol. The smallest absolute Gasteiger partial charge is 0.335 e. The van der Waals surface area contributed by atoms with Gasteiger partial charge in [0.1, 0.15) is 0 Å². The molecule has 1 aromatic carbocycles. The maximum Gasteiger partial charge on any atom is 0.335 e. The number of aromatic carboxylic acids is 1. The molecule has 4 nitrogen and oxygen atoms in total. The fourth-order valence-electron chi connectivity index (χ4n) is 1.61. The third-order valence-corrected chi connectivity index (χ3v) is 2.58. The minimum atomic E-state index is -0.941. The minimum Gasteiger partial charge on any atom is -0.478 e. The average molecular weight is 235 g/mol. The number of hydrogen-bond acceptors (Lipinski definition) is 2. The van der Waals surface area contributed by atoms with Crippen LogP contribution in [0.3, 0.4) is 0 Å². The molecule has 1 rings (SSSR count). The van der Waals surface area contributed by atoms with E-state index in [2.05, 4.69) is 0 Å². The first-order chi connectivity index (χ1) is 7.91. The number of benzene rings is 1. The van der Waals surface area contributed by atoms with Gasteiger partial charge >= 0.3 is 5.97 Å². The lowest BCUT2D eigenvalue weighted by atomic mass is 10.1. The van der Waals surface area contributed by atoms with Gasteiger partial charge in [-0.2, -0.15) is 0 Å². The van der Waals surface area contributed by atoms with Crippen molar-refractivity contribution in [1.82, 2.24) is 4.90 Å². The molecular weight excluding hydrogens is 218 g/mol. The Morgan fingerprint density at radius 3 is 2.12 bits per heavy atom. The molecule has 4 heteroatoms. The van der Waals surface area contributed by atoms with Crippen molar-refractivity contribution >= 4 is 11.9 Å². The van der Waals surface area contributed by atoms with E-state index in [1.165, 1.54) is 6.92 Å². The fourth-order valence-corrected chi connectivity index (χ4v) is 1.61. The summed E-state index contributed by atoms with van der Waals surface area (Å²) >= 11 is 0. The molecule has 17 heavy (non-hydrogen) atoms. The van der Waals surface area contributed by atoms with Gasteiger partial charge in [0, 0.05) is 19.5 Å². The van der Waals surface area contributed by atoms with E-state index in [1.54, 1.807) is 29.2 Å². The SMILES string of the molecule is CC(=O)N(Cc1ccc(C(=O)O)cc1)C(C)C. The van der Waals surface area contributed by atoms with Crippen LogP contribution in [0.25, 0.3) is 0 Å². The van der Waals surface area contributed by atoms with Crippen molar-refractivity contribution in [3.8, 4) is 0 Å². The van der Waals surface area contributed by atoms with E-state index >= 15 is 0 Å². The highest BCUT2D eigenvalue weighted by atomic mass is 16.4. The summed E-state index contributed by atoms with van der Waals surface area (Å²) in [6.07, 6.45) is 0. The van der Waals surface area contributed by atoms with Gasteiger partial charge in [-0.3, -0.25) is 4.79 Å². The Hall–Kier alpha value is -1.84. The molecule has 0 aliphatic rings. The molecule has 1 amide bonds. The molecule has 0 aromatic heterocycles. The summed E-state index contributed by atoms with van der Waals surface area (Å²) in [6, 6.07) is 6.71. The highest BCUT2D eigenvalue weighted by Crippen LogP contribution is 2.10. The highest BCUT2D eigenvalue weighted by molar-refractivity contribution is 5.87. The van der Waals surface area contributed by atoms with Crippen LogP contribution in [0, 0.1) is 0 Å². The molecule has 1 N–H and O–H groups in total. The largest absolute Gasteiger partial charge is 0.478 e. The first-order valence-electron chi connectivity index (χ1n) is 5.51. The number of amides is 1. The molecule has 0 unspecified atom stereocenters. The zero-order valence-corrected chi connectivity index (χ0v) is 10.3. The van der Waals surface area contributed by atoms with Crippen LogP contribution in [0.15, 0.2) is 24.3 Å². The highest BCUT2D eigenvalue weighted by Gasteiger charge is 2.13. The lowest BCUT2D eigenvalue weighted by molar-refractivity contribution is -0.131. The van der Waals surface area contributed by atoms with E-state index < -0.39 is 5.97 Å². The first kappa shape index (κ1) is 13.2. The third kappa shape index (κ3) is 3.59. The Balaban J connectivity index is 2.80. The van der Waals surface area contributed by atoms with Crippen molar-refractivity contribution < 1.29 is 14.7 Å². The zero-order valence-electron chi connectivity index (χ0n) is 10.3. The Morgan fingerprint density at radius 2 is 1.76 bits per heavy atom. The van der Waals surface area contributed by atoms with Crippen molar-refractivity contribution in [2.24, 2.45) is 0 Å². The van der Waals surface area contributed by atoms with E-state index in [0.29, 0.717) is 6.54 Å². The summed E-state index contributed by atoms with van der Waals surface area (Å²) in [7, 11) is 0. The topological polar surface area (TPSA) is 57.6 Å². The molecule has 0 aliphatic carbocycles. The number of carbonyl (C=O) groups excluding carboxylic acids is 1. The van der Waals surface area contributed by atoms with Crippen LogP contribution in [0.1, 0.15) is 36.7 Å². The summed E-state index contributed by atoms with van der Waals surface area (Å²) in [5.41, 5.74) is 1.19. The van der Waals surface area contributed by atoms with E-state index in [9.17, 15) is 9.59 Å². The van der Waals surface area contributed by atoms with E-state index in [4.69, 9.17) is 5.11 Å². The minimum absolute atomic E-state index is 0.0160. The van der Waals surface area contributed by atoms with Crippen LogP contribution in [0.2, 0.25) is 0 Å². The summed E-state index contributed by atoms with van der Waals surface area (Å²) < 4.78 is 0. The molecule has 0 atom stereocenters. The molecule has 0 saturated carbocycles. The maximum atomic E-state index is 11.4. The lowest BCUT2D eigenvalue weighted by Crippen LogP contribution is -2.34. The molecule has 0 radical (unpaired) electrons. The number of carboxylic acid groups (broad SMARTS) is 1. The number of nitrogens with zero attached hydrogens (tertiary/aromatic N) is 1. The number of carboxylic acids is 1. The molecular formula is C13H17NO3. The summed E-state index contributed by atoms with van der Waals surface area (Å²) in [4.78, 5) is 23.8. The van der Waals surface area contributed by atoms with Crippen LogP contribution < -0.4 is 0 Å². The number of carbonyl (C=O) groups is 2. The van der Waals surface area contributed by atoms with Gasteiger partial charge in [-0.05, 0) is 31.5 Å². The Kier molecular flexibility index (Phi) is 4.26. The fraction of sp³-hybridized carbons (Fsp3) is 0.385. The monoisotopic (exact) mass is 235 g/mol. The van der Waals surface area contributed by atoms with E-state index in [1.807, 2.05) is 13.8 Å². The van der Waals surface area contributed by atoms with Gasteiger partial charge in [-0.15, -0.1) is 0 Å². The predicted octanol–water partition coefficient (Wildman–Crippen LogP) is 2.14. The van der Waals surface area contributed by atoms with Gasteiger partial charge in [0.05, 0.1) is 5.56 Å². The van der Waals surface area contributed by atoms with Gasteiger partial charge in [0.15, 0.2) is 0 Å². The first-order valence-corrected chi connectivity index (χ1v) is 5.51. The Bertz CT molecular complexity index is 409. The average Bonchev–Trinajstić information content (AvgIpc) is 2.25. The van der Waals surface area contributed by atoms with E-state index in [0.717, 1.165) is 5.56 Å². The second kappa shape index (κ2) is 5.48. The molecule has 0 aliphatic heterocycles. The van der Waals surface area contributed by atoms with Gasteiger partial charge in [-0.25, -0.2) is 4.79 Å². The normalized spacial score (nSPS) is 10.4. The third-order valence-electron chi connectivity index (χ3n) is 2.58. The molecule has 0 heterocycles. The van der Waals surface area contributed by atoms with Gasteiger partial charge in [0.25, 0.3) is 0 Å². The number of hydrogen-bond donors (Lipinski definition) is 1. The van der Waals surface area contributed by atoms with Gasteiger partial charge < -0.3 is 10.0 Å². The Labute approximate surface area is 101 Å². The molecule has 0 saturated heterocycles. The quantitative estimate of drug-likeness (QED) is 0.869. The van der Waals surface area contributed by atoms with E-state index in [-0.39, 0.29) is 17.5 Å². The maximum absolute atomic E-state index is 11.4. The van der Waals surface area contributed by atoms with Gasteiger partial charge in [0.2, 0.25) is 5.91 Å². The molecule has 0 spiro atoms. The van der Waals surface area contributed by atoms with Crippen molar-refractivity contribution in [3.63, 3.8) is 0 Å². The molecule has 0 fully saturated rings. The number of rotatable bonds is 4. The van der Waals surface area contributed by atoms with Crippen molar-refractivity contribution in [1.29, 1.82) is 0 Å². The Morgan fingerprint density at radius 1 is 1.24 bits per heavy atom. The van der Waals surface area contributed by atoms with Crippen LogP contribution in [0.4, 0.5) is 0 Å². The zero-order chi connectivity index (χ0) is 13.0. The summed E-state index contributed by atoms with van der Waals surface area (Å²) in [6.45, 7) is 5.94. The lowest BCUT2D eigenvalue weighted by Gasteiger charge is -2.25. The standard InChI is InChI=1S/C13H17NO3/c1-9(2)14(10(3)15)8-11-4-6-12(7-5-11)13(16)17/h4-7,9H,8H2,1-3H3,(H,16,17). The van der Waals surface area contributed by atoms with Crippen LogP contribution in [-0.4, -0.2) is 27.9 Å². The summed E-state index contributed by atoms with van der Waals surface area (Å²) in [5.74, 6) is -0.925. The molecule has 0 bridgehead atoms. The van der Waals surface area contributed by atoms with Crippen molar-refractivity contribution in [3.05, 3.63) is 35.4 Å². The second-order valence-electron chi connectivity index (χ2n) is 4.24.